The van der Waals surface area contributed by atoms with E-state index in [-0.39, 0.29) is 5.91 Å². The van der Waals surface area contributed by atoms with E-state index in [0.29, 0.717) is 0 Å². The molecule has 2 heterocycles. The van der Waals surface area contributed by atoms with Crippen LogP contribution in [-0.4, -0.2) is 30.6 Å². The molecule has 0 saturated carbocycles. The van der Waals surface area contributed by atoms with E-state index in [1.807, 2.05) is 4.90 Å². The van der Waals surface area contributed by atoms with Gasteiger partial charge < -0.3 is 9.64 Å². The van der Waals surface area contributed by atoms with Crippen molar-refractivity contribution in [1.29, 1.82) is 0 Å². The average Bonchev–Trinajstić information content (AvgIpc) is 2.54. The Hall–Kier alpha value is -1.61. The Kier molecular flexibility index (Phi) is 4.39. The van der Waals surface area contributed by atoms with Gasteiger partial charge in [-0.05, 0) is 54.4 Å². The van der Waals surface area contributed by atoms with E-state index < -0.39 is 0 Å². The van der Waals surface area contributed by atoms with Gasteiger partial charge in [0.05, 0.1) is 0 Å². The number of amides is 1. The van der Waals surface area contributed by atoms with Crippen LogP contribution >= 0.6 is 0 Å². The predicted octanol–water partition coefficient (Wildman–Crippen LogP) is 2.73. The highest BCUT2D eigenvalue weighted by Gasteiger charge is 2.20. The SMILES string of the molecule is C=CC(=O)N1CCc2cc(CC3CCOCC3)ccc2C1. The Morgan fingerprint density at radius 2 is 2.14 bits per heavy atom. The van der Waals surface area contributed by atoms with Crippen LogP contribution in [0, 0.1) is 5.92 Å². The van der Waals surface area contributed by atoms with E-state index in [1.165, 1.54) is 35.6 Å². The van der Waals surface area contributed by atoms with Gasteiger partial charge in [-0.1, -0.05) is 24.8 Å². The molecular weight excluding hydrogens is 262 g/mol. The van der Waals surface area contributed by atoms with Crippen molar-refractivity contribution in [2.45, 2.75) is 32.2 Å². The van der Waals surface area contributed by atoms with Crippen LogP contribution in [0.1, 0.15) is 29.5 Å². The normalized spacial score (nSPS) is 19.1. The maximum absolute atomic E-state index is 11.7. The first-order chi connectivity index (χ1) is 10.3. The first kappa shape index (κ1) is 14.3. The van der Waals surface area contributed by atoms with E-state index in [9.17, 15) is 4.79 Å². The number of carbonyl (C=O) groups excluding carboxylic acids is 1. The first-order valence-corrected chi connectivity index (χ1v) is 7.86. The van der Waals surface area contributed by atoms with Crippen LogP contribution in [0.3, 0.4) is 0 Å². The lowest BCUT2D eigenvalue weighted by atomic mass is 9.89. The Labute approximate surface area is 126 Å². The zero-order valence-electron chi connectivity index (χ0n) is 12.5. The summed E-state index contributed by atoms with van der Waals surface area (Å²) in [5.74, 6) is 0.797. The molecule has 112 valence electrons. The van der Waals surface area contributed by atoms with Crippen molar-refractivity contribution < 1.29 is 9.53 Å². The number of benzene rings is 1. The summed E-state index contributed by atoms with van der Waals surface area (Å²) in [5, 5.41) is 0. The van der Waals surface area contributed by atoms with Crippen molar-refractivity contribution in [3.63, 3.8) is 0 Å². The number of hydrogen-bond acceptors (Lipinski definition) is 2. The summed E-state index contributed by atoms with van der Waals surface area (Å²) in [6.07, 6.45) is 5.88. The van der Waals surface area contributed by atoms with Gasteiger partial charge in [0.1, 0.15) is 0 Å². The summed E-state index contributed by atoms with van der Waals surface area (Å²) in [6.45, 7) is 6.92. The molecule has 0 aromatic heterocycles. The smallest absolute Gasteiger partial charge is 0.246 e. The molecule has 3 heteroatoms. The van der Waals surface area contributed by atoms with E-state index in [1.54, 1.807) is 0 Å². The van der Waals surface area contributed by atoms with Crippen LogP contribution in [0.5, 0.6) is 0 Å². The van der Waals surface area contributed by atoms with Crippen molar-refractivity contribution in [1.82, 2.24) is 4.90 Å². The molecule has 21 heavy (non-hydrogen) atoms. The number of nitrogens with zero attached hydrogens (tertiary/aromatic N) is 1. The van der Waals surface area contributed by atoms with Crippen LogP contribution in [0.4, 0.5) is 0 Å². The van der Waals surface area contributed by atoms with Crippen molar-refractivity contribution >= 4 is 5.91 Å². The van der Waals surface area contributed by atoms with Gasteiger partial charge in [-0.25, -0.2) is 0 Å². The maximum Gasteiger partial charge on any atom is 0.246 e. The molecule has 0 radical (unpaired) electrons. The summed E-state index contributed by atoms with van der Waals surface area (Å²) in [7, 11) is 0. The molecule has 3 nitrogen and oxygen atoms in total. The van der Waals surface area contributed by atoms with Crippen LogP contribution in [-0.2, 0) is 28.9 Å². The number of fused-ring (bicyclic) bond motifs is 1. The summed E-state index contributed by atoms with van der Waals surface area (Å²) >= 11 is 0. The topological polar surface area (TPSA) is 29.5 Å². The Morgan fingerprint density at radius 3 is 2.90 bits per heavy atom. The molecule has 0 N–H and O–H groups in total. The van der Waals surface area contributed by atoms with Gasteiger partial charge in [-0.3, -0.25) is 4.79 Å². The summed E-state index contributed by atoms with van der Waals surface area (Å²) in [5.41, 5.74) is 4.13. The molecule has 1 saturated heterocycles. The van der Waals surface area contributed by atoms with Gasteiger partial charge in [-0.2, -0.15) is 0 Å². The summed E-state index contributed by atoms with van der Waals surface area (Å²) in [4.78, 5) is 13.6. The summed E-state index contributed by atoms with van der Waals surface area (Å²) in [6, 6.07) is 6.78. The van der Waals surface area contributed by atoms with Crippen LogP contribution in [0.2, 0.25) is 0 Å². The highest BCUT2D eigenvalue weighted by atomic mass is 16.5. The van der Waals surface area contributed by atoms with E-state index >= 15 is 0 Å². The largest absolute Gasteiger partial charge is 0.381 e. The lowest BCUT2D eigenvalue weighted by Crippen LogP contribution is -2.34. The molecule has 1 amide bonds. The standard InChI is InChI=1S/C18H23NO2/c1-2-18(20)19-8-5-16-12-15(3-4-17(16)13-19)11-14-6-9-21-10-7-14/h2-4,12,14H,1,5-11,13H2. The van der Waals surface area contributed by atoms with Gasteiger partial charge in [0.15, 0.2) is 0 Å². The Balaban J connectivity index is 1.68. The summed E-state index contributed by atoms with van der Waals surface area (Å²) < 4.78 is 5.43. The van der Waals surface area contributed by atoms with Crippen molar-refractivity contribution in [2.75, 3.05) is 19.8 Å². The second-order valence-electron chi connectivity index (χ2n) is 6.08. The fourth-order valence-corrected chi connectivity index (χ4v) is 3.33. The van der Waals surface area contributed by atoms with Gasteiger partial charge in [0, 0.05) is 26.3 Å². The second kappa shape index (κ2) is 6.44. The van der Waals surface area contributed by atoms with Gasteiger partial charge in [0.2, 0.25) is 5.91 Å². The third-order valence-electron chi connectivity index (χ3n) is 4.63. The van der Waals surface area contributed by atoms with Crippen molar-refractivity contribution in [3.05, 3.63) is 47.5 Å². The van der Waals surface area contributed by atoms with Crippen molar-refractivity contribution in [2.24, 2.45) is 5.92 Å². The molecule has 0 bridgehead atoms. The van der Waals surface area contributed by atoms with Crippen molar-refractivity contribution in [3.8, 4) is 0 Å². The molecular formula is C18H23NO2. The number of carbonyl (C=O) groups is 1. The third kappa shape index (κ3) is 3.35. The molecule has 0 aliphatic carbocycles. The van der Waals surface area contributed by atoms with Gasteiger partial charge in [0.25, 0.3) is 0 Å². The van der Waals surface area contributed by atoms with Gasteiger partial charge in [-0.15, -0.1) is 0 Å². The fraction of sp³-hybridized carbons (Fsp3) is 0.500. The monoisotopic (exact) mass is 285 g/mol. The van der Waals surface area contributed by atoms with Crippen LogP contribution in [0.25, 0.3) is 0 Å². The minimum absolute atomic E-state index is 0.0342. The second-order valence-corrected chi connectivity index (χ2v) is 6.08. The lowest BCUT2D eigenvalue weighted by molar-refractivity contribution is -0.126. The molecule has 0 unspecified atom stereocenters. The minimum Gasteiger partial charge on any atom is -0.381 e. The Morgan fingerprint density at radius 1 is 1.33 bits per heavy atom. The quantitative estimate of drug-likeness (QED) is 0.799. The molecule has 1 aromatic carbocycles. The van der Waals surface area contributed by atoms with Crippen LogP contribution < -0.4 is 0 Å². The maximum atomic E-state index is 11.7. The molecule has 0 atom stereocenters. The predicted molar refractivity (Wildman–Crippen MR) is 83.0 cm³/mol. The van der Waals surface area contributed by atoms with E-state index in [4.69, 9.17) is 4.74 Å². The van der Waals surface area contributed by atoms with Gasteiger partial charge >= 0.3 is 0 Å². The third-order valence-corrected chi connectivity index (χ3v) is 4.63. The molecule has 2 aliphatic rings. The molecule has 2 aliphatic heterocycles. The highest BCUT2D eigenvalue weighted by molar-refractivity contribution is 5.87. The fourth-order valence-electron chi connectivity index (χ4n) is 3.33. The zero-order chi connectivity index (χ0) is 14.7. The first-order valence-electron chi connectivity index (χ1n) is 7.86. The van der Waals surface area contributed by atoms with Crippen LogP contribution in [0.15, 0.2) is 30.9 Å². The zero-order valence-corrected chi connectivity index (χ0v) is 12.5. The van der Waals surface area contributed by atoms with E-state index in [0.717, 1.165) is 45.1 Å². The number of hydrogen-bond donors (Lipinski definition) is 0. The van der Waals surface area contributed by atoms with E-state index in [2.05, 4.69) is 24.8 Å². The minimum atomic E-state index is 0.0342. The molecule has 3 rings (SSSR count). The number of rotatable bonds is 3. The lowest BCUT2D eigenvalue weighted by Gasteiger charge is -2.29. The highest BCUT2D eigenvalue weighted by Crippen LogP contribution is 2.24. The molecule has 1 fully saturated rings. The molecule has 0 spiro atoms. The molecule has 1 aromatic rings. The Bertz CT molecular complexity index is 532. The number of ether oxygens (including phenoxy) is 1. The average molecular weight is 285 g/mol.